The number of rotatable bonds is 4. The van der Waals surface area contributed by atoms with Crippen LogP contribution in [0.2, 0.25) is 0 Å². The van der Waals surface area contributed by atoms with Gasteiger partial charge in [-0.25, -0.2) is 0 Å². The van der Waals surface area contributed by atoms with Crippen LogP contribution in [0.4, 0.5) is 5.69 Å². The number of hydrogen-bond donors (Lipinski definition) is 2. The third kappa shape index (κ3) is 3.00. The van der Waals surface area contributed by atoms with E-state index in [0.29, 0.717) is 12.2 Å². The third-order valence-corrected chi connectivity index (χ3v) is 3.71. The highest BCUT2D eigenvalue weighted by Crippen LogP contribution is 2.31. The van der Waals surface area contributed by atoms with Crippen LogP contribution in [-0.2, 0) is 0 Å². The molecule has 2 N–H and O–H groups in total. The Morgan fingerprint density at radius 1 is 1.39 bits per heavy atom. The molecule has 0 aliphatic heterocycles. The Hall–Kier alpha value is -1.13. The van der Waals surface area contributed by atoms with E-state index in [9.17, 15) is 10.2 Å². The van der Waals surface area contributed by atoms with Crippen molar-refractivity contribution < 1.29 is 10.2 Å². The maximum Gasteiger partial charge on any atom is 0.0931 e. The Kier molecular flexibility index (Phi) is 3.88. The summed E-state index contributed by atoms with van der Waals surface area (Å²) in [5.41, 5.74) is 1.10. The zero-order chi connectivity index (χ0) is 13.2. The minimum atomic E-state index is -0.544. The van der Waals surface area contributed by atoms with Gasteiger partial charge in [-0.3, -0.25) is 4.98 Å². The molecule has 0 amide bonds. The lowest BCUT2D eigenvalue weighted by atomic mass is 10.0. The Morgan fingerprint density at radius 3 is 2.56 bits per heavy atom. The van der Waals surface area contributed by atoms with Crippen LogP contribution in [0.15, 0.2) is 18.3 Å². The smallest absolute Gasteiger partial charge is 0.0931 e. The van der Waals surface area contributed by atoms with Crippen molar-refractivity contribution in [2.24, 2.45) is 0 Å². The summed E-state index contributed by atoms with van der Waals surface area (Å²) in [6.07, 6.45) is 5.21. The van der Waals surface area contributed by atoms with Gasteiger partial charge in [0.05, 0.1) is 29.3 Å². The fraction of sp³-hybridized carbons (Fsp3) is 0.643. The Morgan fingerprint density at radius 2 is 2.06 bits per heavy atom. The summed E-state index contributed by atoms with van der Waals surface area (Å²) in [6.45, 7) is 2.34. The number of nitrogens with zero attached hydrogens (tertiary/aromatic N) is 2. The van der Waals surface area contributed by atoms with Crippen molar-refractivity contribution in [3.63, 3.8) is 0 Å². The SMILES string of the molecule is C[C@@H](O)c1ccc(N(C)CC2(O)CCCC2)cn1. The van der Waals surface area contributed by atoms with Crippen molar-refractivity contribution in [3.8, 4) is 0 Å². The zero-order valence-electron chi connectivity index (χ0n) is 11.1. The molecule has 1 aliphatic carbocycles. The average Bonchev–Trinajstić information content (AvgIpc) is 2.76. The number of aliphatic hydroxyl groups excluding tert-OH is 1. The number of aromatic nitrogens is 1. The quantitative estimate of drug-likeness (QED) is 0.856. The van der Waals surface area contributed by atoms with E-state index in [-0.39, 0.29) is 0 Å². The Labute approximate surface area is 108 Å². The van der Waals surface area contributed by atoms with E-state index in [4.69, 9.17) is 0 Å². The molecular formula is C14H22N2O2. The van der Waals surface area contributed by atoms with Gasteiger partial charge in [-0.1, -0.05) is 12.8 Å². The number of hydrogen-bond acceptors (Lipinski definition) is 4. The second-order valence-corrected chi connectivity index (χ2v) is 5.40. The van der Waals surface area contributed by atoms with Crippen LogP contribution in [0.3, 0.4) is 0 Å². The van der Waals surface area contributed by atoms with Gasteiger partial charge in [-0.2, -0.15) is 0 Å². The van der Waals surface area contributed by atoms with Crippen LogP contribution in [0.25, 0.3) is 0 Å². The van der Waals surface area contributed by atoms with Gasteiger partial charge < -0.3 is 15.1 Å². The van der Waals surface area contributed by atoms with E-state index in [1.54, 1.807) is 13.1 Å². The van der Waals surface area contributed by atoms with Gasteiger partial charge in [0.15, 0.2) is 0 Å². The molecule has 1 fully saturated rings. The molecule has 4 nitrogen and oxygen atoms in total. The van der Waals surface area contributed by atoms with Crippen LogP contribution >= 0.6 is 0 Å². The summed E-state index contributed by atoms with van der Waals surface area (Å²) in [6, 6.07) is 3.77. The molecule has 1 heterocycles. The maximum atomic E-state index is 10.4. The van der Waals surface area contributed by atoms with Crippen molar-refractivity contribution in [3.05, 3.63) is 24.0 Å². The van der Waals surface area contributed by atoms with E-state index in [0.717, 1.165) is 31.4 Å². The van der Waals surface area contributed by atoms with Crippen LogP contribution in [0, 0.1) is 0 Å². The van der Waals surface area contributed by atoms with E-state index in [2.05, 4.69) is 4.98 Å². The first kappa shape index (κ1) is 13.3. The Balaban J connectivity index is 2.02. The van der Waals surface area contributed by atoms with Crippen LogP contribution < -0.4 is 4.90 Å². The van der Waals surface area contributed by atoms with Gasteiger partial charge in [-0.15, -0.1) is 0 Å². The van der Waals surface area contributed by atoms with Gasteiger partial charge in [-0.05, 0) is 31.9 Å². The van der Waals surface area contributed by atoms with Crippen molar-refractivity contribution in [2.45, 2.75) is 44.3 Å². The molecule has 4 heteroatoms. The highest BCUT2D eigenvalue weighted by Gasteiger charge is 2.32. The van der Waals surface area contributed by atoms with Crippen molar-refractivity contribution in [2.75, 3.05) is 18.5 Å². The minimum absolute atomic E-state index is 0.539. The van der Waals surface area contributed by atoms with Gasteiger partial charge >= 0.3 is 0 Å². The highest BCUT2D eigenvalue weighted by molar-refractivity contribution is 5.44. The van der Waals surface area contributed by atoms with Crippen LogP contribution in [-0.4, -0.2) is 34.4 Å². The summed E-state index contributed by atoms with van der Waals surface area (Å²) in [5, 5.41) is 19.8. The van der Waals surface area contributed by atoms with Gasteiger partial charge in [0, 0.05) is 13.6 Å². The molecule has 18 heavy (non-hydrogen) atoms. The van der Waals surface area contributed by atoms with Crippen LogP contribution in [0.5, 0.6) is 0 Å². The second kappa shape index (κ2) is 5.24. The van der Waals surface area contributed by atoms with E-state index in [1.807, 2.05) is 24.1 Å². The number of anilines is 1. The molecule has 0 bridgehead atoms. The van der Waals surface area contributed by atoms with Gasteiger partial charge in [0.1, 0.15) is 0 Å². The molecule has 1 aromatic heterocycles. The maximum absolute atomic E-state index is 10.4. The molecule has 0 aromatic carbocycles. The zero-order valence-corrected chi connectivity index (χ0v) is 11.1. The van der Waals surface area contributed by atoms with E-state index < -0.39 is 11.7 Å². The van der Waals surface area contributed by atoms with E-state index in [1.165, 1.54) is 0 Å². The molecule has 1 aromatic rings. The molecule has 1 saturated carbocycles. The fourth-order valence-electron chi connectivity index (χ4n) is 2.59. The predicted molar refractivity (Wildman–Crippen MR) is 71.6 cm³/mol. The molecular weight excluding hydrogens is 228 g/mol. The molecule has 0 unspecified atom stereocenters. The summed E-state index contributed by atoms with van der Waals surface area (Å²) in [5.74, 6) is 0. The Bertz CT molecular complexity index is 383. The van der Waals surface area contributed by atoms with Gasteiger partial charge in [0.25, 0.3) is 0 Å². The molecule has 1 atom stereocenters. The summed E-state index contributed by atoms with van der Waals surface area (Å²) >= 11 is 0. The first-order chi connectivity index (χ1) is 8.50. The topological polar surface area (TPSA) is 56.6 Å². The normalized spacial score (nSPS) is 19.8. The number of aliphatic hydroxyl groups is 2. The number of likely N-dealkylation sites (N-methyl/N-ethyl adjacent to an activating group) is 1. The lowest BCUT2D eigenvalue weighted by Crippen LogP contribution is -2.39. The molecule has 0 spiro atoms. The largest absolute Gasteiger partial charge is 0.388 e. The van der Waals surface area contributed by atoms with E-state index >= 15 is 0 Å². The minimum Gasteiger partial charge on any atom is -0.388 e. The summed E-state index contributed by atoms with van der Waals surface area (Å²) in [4.78, 5) is 6.26. The number of pyridine rings is 1. The molecule has 2 rings (SSSR count). The second-order valence-electron chi connectivity index (χ2n) is 5.40. The monoisotopic (exact) mass is 250 g/mol. The lowest BCUT2D eigenvalue weighted by Gasteiger charge is -2.29. The van der Waals surface area contributed by atoms with Crippen molar-refractivity contribution >= 4 is 5.69 Å². The molecule has 1 aliphatic rings. The van der Waals surface area contributed by atoms with Gasteiger partial charge in [0.2, 0.25) is 0 Å². The standard InChI is InChI=1S/C14H22N2O2/c1-11(17)13-6-5-12(9-15-13)16(2)10-14(18)7-3-4-8-14/h5-6,9,11,17-18H,3-4,7-8,10H2,1-2H3/t11-/m1/s1. The molecule has 100 valence electrons. The summed E-state index contributed by atoms with van der Waals surface area (Å²) in [7, 11) is 1.97. The first-order valence-electron chi connectivity index (χ1n) is 6.58. The lowest BCUT2D eigenvalue weighted by molar-refractivity contribution is 0.0559. The third-order valence-electron chi connectivity index (χ3n) is 3.71. The summed E-state index contributed by atoms with van der Waals surface area (Å²) < 4.78 is 0. The average molecular weight is 250 g/mol. The fourth-order valence-corrected chi connectivity index (χ4v) is 2.59. The van der Waals surface area contributed by atoms with Crippen molar-refractivity contribution in [1.29, 1.82) is 0 Å². The first-order valence-corrected chi connectivity index (χ1v) is 6.58. The van der Waals surface area contributed by atoms with Crippen LogP contribution in [0.1, 0.15) is 44.4 Å². The highest BCUT2D eigenvalue weighted by atomic mass is 16.3. The van der Waals surface area contributed by atoms with Crippen molar-refractivity contribution in [1.82, 2.24) is 4.98 Å². The molecule has 0 radical (unpaired) electrons. The molecule has 0 saturated heterocycles. The predicted octanol–water partition coefficient (Wildman–Crippen LogP) is 1.88.